The van der Waals surface area contributed by atoms with Crippen LogP contribution in [0.1, 0.15) is 0 Å². The van der Waals surface area contributed by atoms with E-state index in [0.717, 1.165) is 0 Å². The Balaban J connectivity index is 4.15. The Labute approximate surface area is 160 Å². The number of thioether (sulfide) groups is 1. The summed E-state index contributed by atoms with van der Waals surface area (Å²) in [4.78, 5) is 5.43. The molecule has 23 heavy (non-hydrogen) atoms. The summed E-state index contributed by atoms with van der Waals surface area (Å²) in [6.45, 7) is 15.3. The van der Waals surface area contributed by atoms with Crippen molar-refractivity contribution in [2.24, 2.45) is 0 Å². The second kappa shape index (κ2) is 9.03. The third kappa shape index (κ3) is 4.56. The minimum atomic E-state index is -0.826. The lowest BCUT2D eigenvalue weighted by Crippen LogP contribution is -2.52. The third-order valence-electron chi connectivity index (χ3n) is 4.35. The molecule has 0 radical (unpaired) electrons. The predicted octanol–water partition coefficient (Wildman–Crippen LogP) is 2.73. The van der Waals surface area contributed by atoms with E-state index in [4.69, 9.17) is 0 Å². The number of thiol groups is 2. The Bertz CT molecular complexity index is 511. The van der Waals surface area contributed by atoms with Gasteiger partial charge in [0, 0.05) is 9.79 Å². The Morgan fingerprint density at radius 1 is 0.609 bits per heavy atom. The van der Waals surface area contributed by atoms with Gasteiger partial charge in [0.1, 0.15) is 0 Å². The molecule has 0 nitrogen and oxygen atoms in total. The average molecular weight is 423 g/mol. The normalized spacial score (nSPS) is 13.3. The Morgan fingerprint density at radius 3 is 1.26 bits per heavy atom. The van der Waals surface area contributed by atoms with Crippen LogP contribution in [0.3, 0.4) is 0 Å². The van der Waals surface area contributed by atoms with E-state index in [1.165, 1.54) is 0 Å². The van der Waals surface area contributed by atoms with Gasteiger partial charge >= 0.3 is 0 Å². The maximum atomic E-state index is 2.56. The first-order chi connectivity index (χ1) is 10.6. The van der Waals surface area contributed by atoms with Gasteiger partial charge in [-0.25, -0.2) is 21.8 Å². The van der Waals surface area contributed by atoms with Crippen LogP contribution < -0.4 is 15.6 Å². The van der Waals surface area contributed by atoms with Crippen molar-refractivity contribution in [3.63, 3.8) is 0 Å². The average Bonchev–Trinajstić information content (AvgIpc) is 2.42. The Kier molecular flexibility index (Phi) is 8.62. The first kappa shape index (κ1) is 22.0. The highest BCUT2D eigenvalue weighted by atomic mass is 32.2. The van der Waals surface area contributed by atoms with Crippen molar-refractivity contribution in [3.05, 3.63) is 0 Å². The largest absolute Gasteiger partial charge is 0.233 e. The number of hydrogen-bond donors (Lipinski definition) is 2. The van der Waals surface area contributed by atoms with Crippen LogP contribution in [0.4, 0.5) is 0 Å². The van der Waals surface area contributed by atoms with Gasteiger partial charge in [0.15, 0.2) is 0 Å². The first-order valence-electron chi connectivity index (χ1n) is 8.68. The molecule has 0 amide bonds. The van der Waals surface area contributed by atoms with Crippen molar-refractivity contribution in [1.82, 2.24) is 0 Å². The SMILES string of the molecule is CSc1c([SiH](C)C)c([SiH](C)C)c([SH](C)C)c([SiH](C)C)c1[SH](C)C. The van der Waals surface area contributed by atoms with Crippen molar-refractivity contribution >= 4 is 75.5 Å². The zero-order valence-electron chi connectivity index (χ0n) is 17.0. The standard InChI is InChI=1S/C17H38S3Si3/c1-18-12-13(19(2)3)16(22(8)9)14(20(4)5)17(23(10)11)15(12)21(6)7/h19-23H,1-11H3. The van der Waals surface area contributed by atoms with E-state index in [1.807, 2.05) is 25.4 Å². The van der Waals surface area contributed by atoms with E-state index in [9.17, 15) is 0 Å². The summed E-state index contributed by atoms with van der Waals surface area (Å²) in [7, 11) is -2.50. The van der Waals surface area contributed by atoms with Gasteiger partial charge in [-0.3, -0.25) is 0 Å². The van der Waals surface area contributed by atoms with Crippen LogP contribution >= 0.6 is 33.6 Å². The molecular weight excluding hydrogens is 385 g/mol. The van der Waals surface area contributed by atoms with E-state index < -0.39 is 26.4 Å². The van der Waals surface area contributed by atoms with E-state index in [1.54, 1.807) is 4.90 Å². The molecule has 0 fully saturated rings. The first-order valence-corrected chi connectivity index (χ1v) is 23.0. The van der Waals surface area contributed by atoms with Crippen LogP contribution in [0.2, 0.25) is 39.3 Å². The van der Waals surface area contributed by atoms with Crippen LogP contribution in [0, 0.1) is 0 Å². The van der Waals surface area contributed by atoms with E-state index >= 15 is 0 Å². The second-order valence-corrected chi connectivity index (χ2v) is 21.7. The molecule has 0 saturated carbocycles. The van der Waals surface area contributed by atoms with Crippen molar-refractivity contribution in [1.29, 1.82) is 0 Å². The molecule has 0 atom stereocenters. The van der Waals surface area contributed by atoms with Crippen LogP contribution in [0.15, 0.2) is 14.7 Å². The van der Waals surface area contributed by atoms with E-state index in [2.05, 4.69) is 82.3 Å². The fourth-order valence-corrected chi connectivity index (χ4v) is 20.1. The number of rotatable bonds is 6. The molecule has 0 bridgehead atoms. The van der Waals surface area contributed by atoms with Gasteiger partial charge < -0.3 is 0 Å². The molecule has 0 saturated heterocycles. The smallest absolute Gasteiger partial charge is 0.0675 e. The minimum absolute atomic E-state index is 0.00863. The van der Waals surface area contributed by atoms with Gasteiger partial charge in [0.05, 0.1) is 26.4 Å². The molecule has 1 aromatic carbocycles. The maximum absolute atomic E-state index is 2.56. The van der Waals surface area contributed by atoms with E-state index in [-0.39, 0.29) is 21.8 Å². The summed E-state index contributed by atoms with van der Waals surface area (Å²) < 4.78 is 0. The Morgan fingerprint density at radius 2 is 1.00 bits per heavy atom. The Hall–Kier alpha value is 0.921. The predicted molar refractivity (Wildman–Crippen MR) is 132 cm³/mol. The lowest BCUT2D eigenvalue weighted by molar-refractivity contribution is 1.27. The fraction of sp³-hybridized carbons (Fsp3) is 0.647. The van der Waals surface area contributed by atoms with Crippen molar-refractivity contribution in [3.8, 4) is 0 Å². The summed E-state index contributed by atoms with van der Waals surface area (Å²) >= 11 is 2.06. The summed E-state index contributed by atoms with van der Waals surface area (Å²) in [6, 6.07) is 0. The summed E-state index contributed by atoms with van der Waals surface area (Å²) in [5, 5.41) is 5.66. The molecule has 1 rings (SSSR count). The second-order valence-electron chi connectivity index (χ2n) is 7.72. The van der Waals surface area contributed by atoms with Crippen LogP contribution in [0.25, 0.3) is 0 Å². The molecule has 0 aromatic heterocycles. The minimum Gasteiger partial charge on any atom is -0.233 e. The number of benzene rings is 1. The van der Waals surface area contributed by atoms with Crippen LogP contribution in [0.5, 0.6) is 0 Å². The molecule has 0 aliphatic rings. The molecular formula is C17H38S3Si3. The maximum Gasteiger partial charge on any atom is 0.0675 e. The van der Waals surface area contributed by atoms with Gasteiger partial charge in [-0.1, -0.05) is 44.5 Å². The zero-order chi connectivity index (χ0) is 18.1. The quantitative estimate of drug-likeness (QED) is 0.404. The third-order valence-corrected chi connectivity index (χ3v) is 14.6. The van der Waals surface area contributed by atoms with Crippen LogP contribution in [-0.2, 0) is 0 Å². The zero-order valence-corrected chi connectivity index (χ0v) is 23.1. The van der Waals surface area contributed by atoms with Gasteiger partial charge in [-0.05, 0) is 46.5 Å². The summed E-state index contributed by atoms with van der Waals surface area (Å²) in [5.74, 6) is 0. The van der Waals surface area contributed by atoms with Gasteiger partial charge in [0.2, 0.25) is 0 Å². The molecule has 136 valence electrons. The lowest BCUT2D eigenvalue weighted by atomic mass is 10.3. The fourth-order valence-electron chi connectivity index (χ4n) is 3.59. The highest BCUT2D eigenvalue weighted by molar-refractivity contribution is 8.17. The molecule has 0 aliphatic carbocycles. The van der Waals surface area contributed by atoms with Gasteiger partial charge in [-0.2, -0.15) is 0 Å². The molecule has 1 aromatic rings. The lowest BCUT2D eigenvalue weighted by Gasteiger charge is -2.34. The van der Waals surface area contributed by atoms with Crippen molar-refractivity contribution < 1.29 is 0 Å². The summed E-state index contributed by atoms with van der Waals surface area (Å²) in [6.07, 6.45) is 12.3. The summed E-state index contributed by atoms with van der Waals surface area (Å²) in [5.41, 5.74) is 0. The van der Waals surface area contributed by atoms with Crippen molar-refractivity contribution in [2.75, 3.05) is 31.3 Å². The van der Waals surface area contributed by atoms with Gasteiger partial charge in [0.25, 0.3) is 0 Å². The monoisotopic (exact) mass is 422 g/mol. The molecule has 0 aliphatic heterocycles. The topological polar surface area (TPSA) is 0 Å². The van der Waals surface area contributed by atoms with Crippen LogP contribution in [-0.4, -0.2) is 57.7 Å². The van der Waals surface area contributed by atoms with E-state index in [0.29, 0.717) is 0 Å². The molecule has 0 unspecified atom stereocenters. The molecule has 0 spiro atoms. The molecule has 0 heterocycles. The molecule has 6 heteroatoms. The highest BCUT2D eigenvalue weighted by Crippen LogP contribution is 2.39. The van der Waals surface area contributed by atoms with Gasteiger partial charge in [-0.15, -0.1) is 11.8 Å². The molecule has 0 N–H and O–H groups in total. The van der Waals surface area contributed by atoms with Crippen molar-refractivity contribution in [2.45, 2.75) is 54.0 Å². The highest BCUT2D eigenvalue weighted by Gasteiger charge is 2.29. The number of hydrogen-bond acceptors (Lipinski definition) is 1.